The SMILES string of the molecule is CC(C)C(=O)CC[C@@H](C)[C@H]1CC[C@H]2C[C@@H]([C@@]3(C)CCC(=O)C=C3C3OC3C)CC[C@@]21C. The van der Waals surface area contributed by atoms with Crippen LogP contribution in [0.15, 0.2) is 11.6 Å². The van der Waals surface area contributed by atoms with Crippen LogP contribution in [0.5, 0.6) is 0 Å². The number of ketones is 2. The molecule has 4 rings (SSSR count). The second-order valence-electron chi connectivity index (χ2n) is 12.2. The Morgan fingerprint density at radius 2 is 1.84 bits per heavy atom. The third kappa shape index (κ3) is 4.21. The summed E-state index contributed by atoms with van der Waals surface area (Å²) in [4.78, 5) is 24.4. The Labute approximate surface area is 189 Å². The van der Waals surface area contributed by atoms with Gasteiger partial charge in [-0.1, -0.05) is 34.6 Å². The van der Waals surface area contributed by atoms with Crippen LogP contribution in [0.1, 0.15) is 99.3 Å². The third-order valence-electron chi connectivity index (χ3n) is 10.2. The molecule has 1 aliphatic heterocycles. The van der Waals surface area contributed by atoms with E-state index in [0.717, 1.165) is 31.1 Å². The lowest BCUT2D eigenvalue weighted by molar-refractivity contribution is -0.122. The highest BCUT2D eigenvalue weighted by Crippen LogP contribution is 2.63. The van der Waals surface area contributed by atoms with Crippen molar-refractivity contribution in [2.45, 2.75) is 112 Å². The number of hydrogen-bond acceptors (Lipinski definition) is 3. The van der Waals surface area contributed by atoms with Crippen molar-refractivity contribution in [1.82, 2.24) is 0 Å². The van der Waals surface area contributed by atoms with Crippen LogP contribution in [0, 0.1) is 40.4 Å². The predicted octanol–water partition coefficient (Wildman–Crippen LogP) is 6.54. The zero-order valence-corrected chi connectivity index (χ0v) is 20.7. The molecule has 3 fully saturated rings. The normalized spacial score (nSPS) is 43.5. The highest BCUT2D eigenvalue weighted by Gasteiger charge is 2.56. The van der Waals surface area contributed by atoms with E-state index < -0.39 is 0 Å². The maximum Gasteiger partial charge on any atom is 0.155 e. The van der Waals surface area contributed by atoms with Gasteiger partial charge in [-0.2, -0.15) is 0 Å². The summed E-state index contributed by atoms with van der Waals surface area (Å²) in [5.74, 6) is 3.71. The van der Waals surface area contributed by atoms with Gasteiger partial charge in [0.1, 0.15) is 11.9 Å². The summed E-state index contributed by atoms with van der Waals surface area (Å²) in [6.07, 6.45) is 12.4. The minimum Gasteiger partial charge on any atom is -0.365 e. The number of carbonyl (C=O) groups is 2. The smallest absolute Gasteiger partial charge is 0.155 e. The van der Waals surface area contributed by atoms with E-state index in [2.05, 4.69) is 27.7 Å². The van der Waals surface area contributed by atoms with Crippen molar-refractivity contribution >= 4 is 11.6 Å². The molecule has 1 saturated heterocycles. The van der Waals surface area contributed by atoms with Crippen LogP contribution in [-0.4, -0.2) is 23.8 Å². The lowest BCUT2D eigenvalue weighted by Gasteiger charge is -2.51. The molecule has 0 radical (unpaired) electrons. The number of epoxide rings is 1. The fourth-order valence-electron chi connectivity index (χ4n) is 7.74. The van der Waals surface area contributed by atoms with E-state index in [1.165, 1.54) is 37.7 Å². The van der Waals surface area contributed by atoms with E-state index in [4.69, 9.17) is 4.74 Å². The van der Waals surface area contributed by atoms with Gasteiger partial charge in [-0.25, -0.2) is 0 Å². The van der Waals surface area contributed by atoms with E-state index in [1.54, 1.807) is 0 Å². The standard InChI is InChI=1S/C28H44O3/c1-17(2)25(30)10-7-18(3)23-9-8-20-15-21(11-13-27(20,23)5)28(6)14-12-22(29)16-24(28)26-19(4)31-26/h16-21,23,26H,7-15H2,1-6H3/t18-,19?,20+,21+,23-,26?,27+,28-/m1/s1. The maximum absolute atomic E-state index is 12.2. The highest BCUT2D eigenvalue weighted by atomic mass is 16.6. The van der Waals surface area contributed by atoms with E-state index in [0.29, 0.717) is 35.2 Å². The van der Waals surface area contributed by atoms with Crippen LogP contribution in [0.3, 0.4) is 0 Å². The van der Waals surface area contributed by atoms with Crippen LogP contribution >= 0.6 is 0 Å². The summed E-state index contributed by atoms with van der Waals surface area (Å²) in [6, 6.07) is 0. The summed E-state index contributed by atoms with van der Waals surface area (Å²) < 4.78 is 5.86. The number of fused-ring (bicyclic) bond motifs is 1. The quantitative estimate of drug-likeness (QED) is 0.432. The number of allylic oxidation sites excluding steroid dienone is 1. The summed E-state index contributed by atoms with van der Waals surface area (Å²) in [5.41, 5.74) is 1.85. The molecular weight excluding hydrogens is 384 g/mol. The number of ether oxygens (including phenoxy) is 1. The van der Waals surface area contributed by atoms with E-state index >= 15 is 0 Å². The predicted molar refractivity (Wildman–Crippen MR) is 125 cm³/mol. The van der Waals surface area contributed by atoms with E-state index in [1.807, 2.05) is 19.9 Å². The molecule has 3 aliphatic carbocycles. The first kappa shape index (κ1) is 23.2. The minimum atomic E-state index is 0.123. The van der Waals surface area contributed by atoms with Crippen molar-refractivity contribution in [2.75, 3.05) is 0 Å². The van der Waals surface area contributed by atoms with Crippen LogP contribution in [0.2, 0.25) is 0 Å². The minimum absolute atomic E-state index is 0.123. The molecule has 2 saturated carbocycles. The van der Waals surface area contributed by atoms with Gasteiger partial charge < -0.3 is 4.74 Å². The first-order valence-electron chi connectivity index (χ1n) is 13.0. The lowest BCUT2D eigenvalue weighted by Crippen LogP contribution is -2.44. The first-order valence-corrected chi connectivity index (χ1v) is 13.0. The van der Waals surface area contributed by atoms with Crippen molar-refractivity contribution in [3.63, 3.8) is 0 Å². The van der Waals surface area contributed by atoms with Crippen molar-refractivity contribution in [2.24, 2.45) is 40.4 Å². The molecule has 3 nitrogen and oxygen atoms in total. The Morgan fingerprint density at radius 1 is 1.13 bits per heavy atom. The molecule has 0 aromatic heterocycles. The van der Waals surface area contributed by atoms with Crippen molar-refractivity contribution in [3.05, 3.63) is 11.6 Å². The Balaban J connectivity index is 1.44. The van der Waals surface area contributed by atoms with Gasteiger partial charge in [0, 0.05) is 18.8 Å². The molecule has 4 aliphatic rings. The molecular formula is C28H44O3. The third-order valence-corrected chi connectivity index (χ3v) is 10.2. The molecule has 0 aromatic carbocycles. The van der Waals surface area contributed by atoms with E-state index in [9.17, 15) is 9.59 Å². The second-order valence-corrected chi connectivity index (χ2v) is 12.2. The van der Waals surface area contributed by atoms with Crippen LogP contribution in [0.25, 0.3) is 0 Å². The molecule has 1 heterocycles. The van der Waals surface area contributed by atoms with Crippen molar-refractivity contribution in [1.29, 1.82) is 0 Å². The molecule has 31 heavy (non-hydrogen) atoms. The summed E-state index contributed by atoms with van der Waals surface area (Å²) in [5, 5.41) is 0. The molecule has 0 N–H and O–H groups in total. The molecule has 0 aromatic rings. The topological polar surface area (TPSA) is 46.7 Å². The maximum atomic E-state index is 12.2. The summed E-state index contributed by atoms with van der Waals surface area (Å²) in [6.45, 7) is 13.6. The van der Waals surface area contributed by atoms with Gasteiger partial charge in [-0.05, 0) is 98.0 Å². The molecule has 3 heteroatoms. The monoisotopic (exact) mass is 428 g/mol. The van der Waals surface area contributed by atoms with Gasteiger partial charge in [0.25, 0.3) is 0 Å². The number of hydrogen-bond donors (Lipinski definition) is 0. The van der Waals surface area contributed by atoms with Gasteiger partial charge in [-0.15, -0.1) is 0 Å². The number of rotatable bonds is 7. The van der Waals surface area contributed by atoms with Gasteiger partial charge in [-0.3, -0.25) is 9.59 Å². The molecule has 0 amide bonds. The zero-order valence-electron chi connectivity index (χ0n) is 20.7. The molecule has 174 valence electrons. The van der Waals surface area contributed by atoms with Crippen molar-refractivity contribution in [3.8, 4) is 0 Å². The number of Topliss-reactive ketones (excluding diaryl/α,β-unsaturated/α-hetero) is 1. The Kier molecular flexibility index (Phi) is 6.31. The average Bonchev–Trinajstić information content (AvgIpc) is 3.34. The van der Waals surface area contributed by atoms with Crippen LogP contribution in [-0.2, 0) is 14.3 Å². The highest BCUT2D eigenvalue weighted by molar-refractivity contribution is 5.92. The fraction of sp³-hybridized carbons (Fsp3) is 0.857. The molecule has 8 atom stereocenters. The average molecular weight is 429 g/mol. The summed E-state index contributed by atoms with van der Waals surface area (Å²) >= 11 is 0. The van der Waals surface area contributed by atoms with Gasteiger partial charge in [0.2, 0.25) is 0 Å². The first-order chi connectivity index (χ1) is 14.6. The Hall–Kier alpha value is -0.960. The zero-order chi connectivity index (χ0) is 22.6. The molecule has 2 unspecified atom stereocenters. The van der Waals surface area contributed by atoms with Gasteiger partial charge in [0.05, 0.1) is 6.10 Å². The van der Waals surface area contributed by atoms with Crippen molar-refractivity contribution < 1.29 is 14.3 Å². The Morgan fingerprint density at radius 3 is 2.48 bits per heavy atom. The molecule has 0 spiro atoms. The van der Waals surface area contributed by atoms with Crippen LogP contribution in [0.4, 0.5) is 0 Å². The largest absolute Gasteiger partial charge is 0.365 e. The van der Waals surface area contributed by atoms with E-state index in [-0.39, 0.29) is 23.5 Å². The summed E-state index contributed by atoms with van der Waals surface area (Å²) in [7, 11) is 0. The van der Waals surface area contributed by atoms with Gasteiger partial charge >= 0.3 is 0 Å². The Bertz CT molecular complexity index is 751. The van der Waals surface area contributed by atoms with Crippen LogP contribution < -0.4 is 0 Å². The lowest BCUT2D eigenvalue weighted by atomic mass is 9.53. The molecule has 0 bridgehead atoms. The van der Waals surface area contributed by atoms with Gasteiger partial charge in [0.15, 0.2) is 5.78 Å². The number of carbonyl (C=O) groups excluding carboxylic acids is 2. The second kappa shape index (κ2) is 8.43. The fourth-order valence-corrected chi connectivity index (χ4v) is 7.74.